The minimum absolute atomic E-state index is 0.205. The van der Waals surface area contributed by atoms with Crippen molar-refractivity contribution in [3.63, 3.8) is 0 Å². The highest BCUT2D eigenvalue weighted by Crippen LogP contribution is 2.33. The van der Waals surface area contributed by atoms with Gasteiger partial charge in [0.05, 0.1) is 24.5 Å². The summed E-state index contributed by atoms with van der Waals surface area (Å²) in [5.41, 5.74) is 2.44. The summed E-state index contributed by atoms with van der Waals surface area (Å²) in [5, 5.41) is 15.1. The molecule has 0 bridgehead atoms. The Morgan fingerprint density at radius 1 is 1.11 bits per heavy atom. The van der Waals surface area contributed by atoms with Crippen LogP contribution < -0.4 is 4.90 Å². The van der Waals surface area contributed by atoms with Gasteiger partial charge in [-0.15, -0.1) is 0 Å². The first-order chi connectivity index (χ1) is 16.9. The smallest absolute Gasteiger partial charge is 0.232 e. The van der Waals surface area contributed by atoms with Gasteiger partial charge in [-0.2, -0.15) is 0 Å². The van der Waals surface area contributed by atoms with E-state index < -0.39 is 6.10 Å². The number of halogens is 1. The monoisotopic (exact) mass is 487 g/mol. The van der Waals surface area contributed by atoms with Gasteiger partial charge in [-0.1, -0.05) is 19.0 Å². The Kier molecular flexibility index (Phi) is 10.3. The SMILES string of the molecule is CCN(CC)c1onc(-c2ccc(F)cc2)c1CN(CCC(C)C)C[C@@H](O)COCc1ccco1. The normalized spacial score (nSPS) is 12.6. The minimum Gasteiger partial charge on any atom is -0.467 e. The fourth-order valence-corrected chi connectivity index (χ4v) is 3.98. The lowest BCUT2D eigenvalue weighted by atomic mass is 10.1. The van der Waals surface area contributed by atoms with Crippen molar-refractivity contribution in [2.75, 3.05) is 37.7 Å². The number of benzene rings is 1. The van der Waals surface area contributed by atoms with E-state index in [1.165, 1.54) is 12.1 Å². The predicted octanol–water partition coefficient (Wildman–Crippen LogP) is 5.35. The zero-order chi connectivity index (χ0) is 25.2. The van der Waals surface area contributed by atoms with E-state index >= 15 is 0 Å². The number of anilines is 1. The number of nitrogens with zero attached hydrogens (tertiary/aromatic N) is 3. The molecule has 0 aliphatic heterocycles. The molecule has 0 radical (unpaired) electrons. The minimum atomic E-state index is -0.664. The second-order valence-corrected chi connectivity index (χ2v) is 9.16. The van der Waals surface area contributed by atoms with E-state index in [4.69, 9.17) is 13.7 Å². The molecule has 1 aromatic carbocycles. The van der Waals surface area contributed by atoms with Gasteiger partial charge in [0.1, 0.15) is 23.9 Å². The van der Waals surface area contributed by atoms with E-state index in [1.54, 1.807) is 18.4 Å². The van der Waals surface area contributed by atoms with Crippen molar-refractivity contribution in [2.24, 2.45) is 5.92 Å². The van der Waals surface area contributed by atoms with Crippen LogP contribution in [0.4, 0.5) is 10.3 Å². The first kappa shape index (κ1) is 26.9. The third-order valence-electron chi connectivity index (χ3n) is 5.94. The summed E-state index contributed by atoms with van der Waals surface area (Å²) < 4.78 is 30.3. The van der Waals surface area contributed by atoms with Crippen LogP contribution in [0.3, 0.4) is 0 Å². The summed E-state index contributed by atoms with van der Waals surface area (Å²) in [6, 6.07) is 9.97. The molecule has 0 spiro atoms. The lowest BCUT2D eigenvalue weighted by Gasteiger charge is -2.27. The summed E-state index contributed by atoms with van der Waals surface area (Å²) in [5.74, 6) is 1.67. The molecule has 0 fully saturated rings. The Bertz CT molecular complexity index is 985. The Hall–Kier alpha value is -2.68. The number of aliphatic hydroxyl groups excluding tert-OH is 1. The summed E-state index contributed by atoms with van der Waals surface area (Å²) in [6.07, 6.45) is 1.93. The van der Waals surface area contributed by atoms with Crippen molar-refractivity contribution in [1.82, 2.24) is 10.1 Å². The van der Waals surface area contributed by atoms with Gasteiger partial charge in [0.15, 0.2) is 0 Å². The van der Waals surface area contributed by atoms with E-state index in [1.807, 2.05) is 12.1 Å². The largest absolute Gasteiger partial charge is 0.467 e. The van der Waals surface area contributed by atoms with Crippen LogP contribution in [0.5, 0.6) is 0 Å². The van der Waals surface area contributed by atoms with Gasteiger partial charge in [-0.05, 0) is 69.1 Å². The first-order valence-corrected chi connectivity index (χ1v) is 12.4. The van der Waals surface area contributed by atoms with Crippen LogP contribution in [-0.4, -0.2) is 54.1 Å². The maximum Gasteiger partial charge on any atom is 0.232 e. The van der Waals surface area contributed by atoms with E-state index in [-0.39, 0.29) is 12.4 Å². The van der Waals surface area contributed by atoms with Gasteiger partial charge >= 0.3 is 0 Å². The molecule has 0 unspecified atom stereocenters. The number of aliphatic hydroxyl groups is 1. The Morgan fingerprint density at radius 3 is 2.49 bits per heavy atom. The van der Waals surface area contributed by atoms with Crippen molar-refractivity contribution in [3.05, 3.63) is 59.8 Å². The second-order valence-electron chi connectivity index (χ2n) is 9.16. The lowest BCUT2D eigenvalue weighted by Crippen LogP contribution is -2.36. The highest BCUT2D eigenvalue weighted by Gasteiger charge is 2.24. The molecule has 2 heterocycles. The summed E-state index contributed by atoms with van der Waals surface area (Å²) in [7, 11) is 0. The number of ether oxygens (including phenoxy) is 1. The average molecular weight is 488 g/mol. The van der Waals surface area contributed by atoms with Gasteiger partial charge in [0.25, 0.3) is 0 Å². The van der Waals surface area contributed by atoms with Crippen LogP contribution in [0.1, 0.15) is 45.4 Å². The fraction of sp³-hybridized carbons (Fsp3) is 0.519. The van der Waals surface area contributed by atoms with Crippen molar-refractivity contribution in [2.45, 2.75) is 53.4 Å². The van der Waals surface area contributed by atoms with E-state index in [0.717, 1.165) is 42.9 Å². The zero-order valence-electron chi connectivity index (χ0n) is 21.2. The number of hydrogen-bond donors (Lipinski definition) is 1. The van der Waals surface area contributed by atoms with Crippen LogP contribution in [0.2, 0.25) is 0 Å². The number of aromatic nitrogens is 1. The second kappa shape index (κ2) is 13.4. The highest BCUT2D eigenvalue weighted by molar-refractivity contribution is 5.68. The molecule has 2 aromatic heterocycles. The molecule has 8 heteroatoms. The number of furan rings is 1. The van der Waals surface area contributed by atoms with Crippen LogP contribution in [0, 0.1) is 11.7 Å². The first-order valence-electron chi connectivity index (χ1n) is 12.4. The van der Waals surface area contributed by atoms with Crippen molar-refractivity contribution in [3.8, 4) is 11.3 Å². The Labute approximate surface area is 207 Å². The van der Waals surface area contributed by atoms with Gasteiger partial charge in [0, 0.05) is 31.7 Å². The van der Waals surface area contributed by atoms with Crippen molar-refractivity contribution >= 4 is 5.88 Å². The maximum atomic E-state index is 13.6. The molecule has 1 N–H and O–H groups in total. The fourth-order valence-electron chi connectivity index (χ4n) is 3.98. The molecule has 192 valence electrons. The quantitative estimate of drug-likeness (QED) is 0.310. The van der Waals surface area contributed by atoms with Gasteiger partial charge in [-0.3, -0.25) is 4.90 Å². The molecule has 0 amide bonds. The van der Waals surface area contributed by atoms with Gasteiger partial charge < -0.3 is 23.7 Å². The Balaban J connectivity index is 1.79. The van der Waals surface area contributed by atoms with E-state index in [0.29, 0.717) is 37.2 Å². The zero-order valence-corrected chi connectivity index (χ0v) is 21.2. The average Bonchev–Trinajstić information content (AvgIpc) is 3.50. The third-order valence-corrected chi connectivity index (χ3v) is 5.94. The molecule has 35 heavy (non-hydrogen) atoms. The van der Waals surface area contributed by atoms with Crippen LogP contribution >= 0.6 is 0 Å². The number of rotatable bonds is 15. The highest BCUT2D eigenvalue weighted by atomic mass is 19.1. The summed E-state index contributed by atoms with van der Waals surface area (Å²) in [4.78, 5) is 4.34. The van der Waals surface area contributed by atoms with Crippen molar-refractivity contribution < 1.29 is 23.2 Å². The van der Waals surface area contributed by atoms with Crippen LogP contribution in [-0.2, 0) is 17.9 Å². The summed E-state index contributed by atoms with van der Waals surface area (Å²) in [6.45, 7) is 12.4. The molecule has 7 nitrogen and oxygen atoms in total. The molecule has 0 saturated carbocycles. The molecule has 1 atom stereocenters. The van der Waals surface area contributed by atoms with Gasteiger partial charge in [-0.25, -0.2) is 4.39 Å². The lowest BCUT2D eigenvalue weighted by molar-refractivity contribution is 0.00327. The maximum absolute atomic E-state index is 13.6. The molecular weight excluding hydrogens is 449 g/mol. The van der Waals surface area contributed by atoms with Crippen LogP contribution in [0.15, 0.2) is 51.6 Å². The molecule has 0 aliphatic rings. The molecule has 3 rings (SSSR count). The van der Waals surface area contributed by atoms with E-state index in [9.17, 15) is 9.50 Å². The molecule has 0 saturated heterocycles. The third kappa shape index (κ3) is 7.92. The van der Waals surface area contributed by atoms with Crippen molar-refractivity contribution in [1.29, 1.82) is 0 Å². The molecule has 0 aliphatic carbocycles. The molecular formula is C27H38FN3O4. The topological polar surface area (TPSA) is 75.1 Å². The van der Waals surface area contributed by atoms with Gasteiger partial charge in [0.2, 0.25) is 5.88 Å². The molecule has 3 aromatic rings. The number of hydrogen-bond acceptors (Lipinski definition) is 7. The Morgan fingerprint density at radius 2 is 1.86 bits per heavy atom. The van der Waals surface area contributed by atoms with Crippen LogP contribution in [0.25, 0.3) is 11.3 Å². The predicted molar refractivity (Wildman–Crippen MR) is 135 cm³/mol. The summed E-state index contributed by atoms with van der Waals surface area (Å²) >= 11 is 0. The van der Waals surface area contributed by atoms with E-state index in [2.05, 4.69) is 42.7 Å². The standard InChI is InChI=1S/C27H38FN3O4/c1-5-31(6-2)27-25(26(29-35-27)21-9-11-22(28)12-10-21)17-30(14-13-20(3)4)16-23(32)18-33-19-24-8-7-15-34-24/h7-12,15,20,23,32H,5-6,13-14,16-19H2,1-4H3/t23-/m1/s1.